The van der Waals surface area contributed by atoms with E-state index in [2.05, 4.69) is 0 Å². The third-order valence-electron chi connectivity index (χ3n) is 2.13. The predicted molar refractivity (Wildman–Crippen MR) is 53.4 cm³/mol. The predicted octanol–water partition coefficient (Wildman–Crippen LogP) is 0.962. The number of hydrogen-bond acceptors (Lipinski definition) is 4. The molecule has 1 atom stereocenters. The maximum atomic E-state index is 9.28. The average Bonchev–Trinajstić information content (AvgIpc) is 2.17. The van der Waals surface area contributed by atoms with Gasteiger partial charge in [0.15, 0.2) is 0 Å². The van der Waals surface area contributed by atoms with Crippen LogP contribution in [0.5, 0.6) is 11.5 Å². The average molecular weight is 197 g/mol. The standard InChI is InChI=1S/C10H15NO3/c1-6-8(13-2)5-4-7(10(11)12)9(6)14-3/h4-5,10,12H,11H2,1-3H3. The SMILES string of the molecule is COc1ccc(C(N)O)c(OC)c1C. The van der Waals surface area contributed by atoms with Gasteiger partial charge in [0.25, 0.3) is 0 Å². The minimum Gasteiger partial charge on any atom is -0.496 e. The lowest BCUT2D eigenvalue weighted by molar-refractivity contribution is 0.181. The van der Waals surface area contributed by atoms with Crippen molar-refractivity contribution in [2.75, 3.05) is 14.2 Å². The van der Waals surface area contributed by atoms with Gasteiger partial charge in [-0.15, -0.1) is 0 Å². The Bertz CT molecular complexity index is 323. The first-order valence-corrected chi connectivity index (χ1v) is 4.27. The largest absolute Gasteiger partial charge is 0.496 e. The third-order valence-corrected chi connectivity index (χ3v) is 2.13. The van der Waals surface area contributed by atoms with E-state index in [4.69, 9.17) is 15.2 Å². The van der Waals surface area contributed by atoms with Crippen LogP contribution in [0.25, 0.3) is 0 Å². The van der Waals surface area contributed by atoms with Crippen LogP contribution in [-0.4, -0.2) is 19.3 Å². The fourth-order valence-electron chi connectivity index (χ4n) is 1.42. The summed E-state index contributed by atoms with van der Waals surface area (Å²) in [4.78, 5) is 0. The Morgan fingerprint density at radius 1 is 1.29 bits per heavy atom. The van der Waals surface area contributed by atoms with Crippen molar-refractivity contribution in [2.45, 2.75) is 13.2 Å². The van der Waals surface area contributed by atoms with Crippen LogP contribution in [0.15, 0.2) is 12.1 Å². The highest BCUT2D eigenvalue weighted by Crippen LogP contribution is 2.33. The lowest BCUT2D eigenvalue weighted by atomic mass is 10.1. The van der Waals surface area contributed by atoms with Crippen molar-refractivity contribution in [3.05, 3.63) is 23.3 Å². The molecule has 0 aliphatic rings. The van der Waals surface area contributed by atoms with Crippen molar-refractivity contribution in [2.24, 2.45) is 5.73 Å². The van der Waals surface area contributed by atoms with Crippen LogP contribution in [0.1, 0.15) is 17.4 Å². The van der Waals surface area contributed by atoms with E-state index in [1.807, 2.05) is 6.92 Å². The lowest BCUT2D eigenvalue weighted by Gasteiger charge is -2.15. The van der Waals surface area contributed by atoms with E-state index in [1.54, 1.807) is 19.2 Å². The summed E-state index contributed by atoms with van der Waals surface area (Å²) >= 11 is 0. The monoisotopic (exact) mass is 197 g/mol. The topological polar surface area (TPSA) is 64.7 Å². The smallest absolute Gasteiger partial charge is 0.132 e. The molecule has 3 N–H and O–H groups in total. The van der Waals surface area contributed by atoms with Crippen LogP contribution >= 0.6 is 0 Å². The molecule has 4 nitrogen and oxygen atoms in total. The number of nitrogens with two attached hydrogens (primary N) is 1. The second-order valence-corrected chi connectivity index (χ2v) is 2.96. The first-order valence-electron chi connectivity index (χ1n) is 4.27. The second kappa shape index (κ2) is 4.30. The molecular formula is C10H15NO3. The van der Waals surface area contributed by atoms with Gasteiger partial charge in [-0.25, -0.2) is 0 Å². The fourth-order valence-corrected chi connectivity index (χ4v) is 1.42. The molecule has 0 spiro atoms. The van der Waals surface area contributed by atoms with E-state index in [9.17, 15) is 5.11 Å². The summed E-state index contributed by atoms with van der Waals surface area (Å²) < 4.78 is 10.3. The van der Waals surface area contributed by atoms with Gasteiger partial charge in [0.1, 0.15) is 17.7 Å². The molecule has 0 amide bonds. The number of benzene rings is 1. The summed E-state index contributed by atoms with van der Waals surface area (Å²) in [6, 6.07) is 3.44. The van der Waals surface area contributed by atoms with E-state index in [-0.39, 0.29) is 0 Å². The highest BCUT2D eigenvalue weighted by atomic mass is 16.5. The van der Waals surface area contributed by atoms with Gasteiger partial charge in [-0.05, 0) is 19.1 Å². The lowest BCUT2D eigenvalue weighted by Crippen LogP contribution is -2.11. The van der Waals surface area contributed by atoms with Crippen molar-refractivity contribution in [3.8, 4) is 11.5 Å². The molecule has 14 heavy (non-hydrogen) atoms. The van der Waals surface area contributed by atoms with Crippen molar-refractivity contribution in [3.63, 3.8) is 0 Å². The van der Waals surface area contributed by atoms with E-state index in [0.717, 1.165) is 5.56 Å². The molecule has 1 aromatic rings. The van der Waals surface area contributed by atoms with Gasteiger partial charge in [-0.1, -0.05) is 0 Å². The molecule has 1 unspecified atom stereocenters. The molecule has 0 saturated carbocycles. The summed E-state index contributed by atoms with van der Waals surface area (Å²) in [7, 11) is 3.12. The molecule has 0 aromatic heterocycles. The minimum absolute atomic E-state index is 0.561. The van der Waals surface area contributed by atoms with Gasteiger partial charge in [-0.3, -0.25) is 0 Å². The molecule has 4 heteroatoms. The van der Waals surface area contributed by atoms with Gasteiger partial charge in [-0.2, -0.15) is 0 Å². The van der Waals surface area contributed by atoms with E-state index < -0.39 is 6.23 Å². The number of hydrogen-bond donors (Lipinski definition) is 2. The minimum atomic E-state index is -1.03. The Morgan fingerprint density at radius 2 is 1.93 bits per heavy atom. The van der Waals surface area contributed by atoms with E-state index in [0.29, 0.717) is 17.1 Å². The summed E-state index contributed by atoms with van der Waals surface area (Å²) in [6.07, 6.45) is -1.03. The van der Waals surface area contributed by atoms with Crippen LogP contribution in [0, 0.1) is 6.92 Å². The molecular weight excluding hydrogens is 182 g/mol. The van der Waals surface area contributed by atoms with Crippen LogP contribution < -0.4 is 15.2 Å². The molecule has 0 bridgehead atoms. The van der Waals surface area contributed by atoms with Gasteiger partial charge in [0, 0.05) is 11.1 Å². The number of ether oxygens (including phenoxy) is 2. The molecule has 0 heterocycles. The van der Waals surface area contributed by atoms with E-state index >= 15 is 0 Å². The number of methoxy groups -OCH3 is 2. The maximum absolute atomic E-state index is 9.28. The normalized spacial score (nSPS) is 12.4. The van der Waals surface area contributed by atoms with Gasteiger partial charge >= 0.3 is 0 Å². The molecule has 78 valence electrons. The fraction of sp³-hybridized carbons (Fsp3) is 0.400. The van der Waals surface area contributed by atoms with Crippen molar-refractivity contribution in [1.82, 2.24) is 0 Å². The summed E-state index contributed by atoms with van der Waals surface area (Å²) in [5, 5.41) is 9.28. The Morgan fingerprint density at radius 3 is 2.36 bits per heavy atom. The molecule has 1 rings (SSSR count). The highest BCUT2D eigenvalue weighted by molar-refractivity contribution is 5.49. The Hall–Kier alpha value is -1.26. The number of rotatable bonds is 3. The Balaban J connectivity index is 3.28. The third kappa shape index (κ3) is 1.81. The van der Waals surface area contributed by atoms with Crippen LogP contribution in [0.4, 0.5) is 0 Å². The molecule has 0 radical (unpaired) electrons. The molecule has 0 aliphatic carbocycles. The zero-order valence-electron chi connectivity index (χ0n) is 8.57. The van der Waals surface area contributed by atoms with Gasteiger partial charge in [0.2, 0.25) is 0 Å². The van der Waals surface area contributed by atoms with Crippen molar-refractivity contribution >= 4 is 0 Å². The van der Waals surface area contributed by atoms with Gasteiger partial charge < -0.3 is 20.3 Å². The first kappa shape index (κ1) is 10.8. The quantitative estimate of drug-likeness (QED) is 0.708. The molecule has 0 fully saturated rings. The van der Waals surface area contributed by atoms with Gasteiger partial charge in [0.05, 0.1) is 14.2 Å². The highest BCUT2D eigenvalue weighted by Gasteiger charge is 2.14. The Kier molecular flexibility index (Phi) is 3.33. The van der Waals surface area contributed by atoms with E-state index in [1.165, 1.54) is 7.11 Å². The van der Waals surface area contributed by atoms with Crippen molar-refractivity contribution in [1.29, 1.82) is 0 Å². The second-order valence-electron chi connectivity index (χ2n) is 2.96. The number of aliphatic hydroxyl groups excluding tert-OH is 1. The van der Waals surface area contributed by atoms with Crippen molar-refractivity contribution < 1.29 is 14.6 Å². The maximum Gasteiger partial charge on any atom is 0.132 e. The zero-order chi connectivity index (χ0) is 10.7. The molecule has 0 saturated heterocycles. The first-order chi connectivity index (χ1) is 6.61. The summed E-state index contributed by atoms with van der Waals surface area (Å²) in [5.74, 6) is 1.28. The summed E-state index contributed by atoms with van der Waals surface area (Å²) in [5.41, 5.74) is 6.78. The molecule has 1 aromatic carbocycles. The van der Waals surface area contributed by atoms with Crippen LogP contribution in [0.3, 0.4) is 0 Å². The summed E-state index contributed by atoms with van der Waals surface area (Å²) in [6.45, 7) is 1.85. The van der Waals surface area contributed by atoms with Crippen LogP contribution in [0.2, 0.25) is 0 Å². The number of aliphatic hydroxyl groups is 1. The van der Waals surface area contributed by atoms with Crippen LogP contribution in [-0.2, 0) is 0 Å². The molecule has 0 aliphatic heterocycles. The zero-order valence-corrected chi connectivity index (χ0v) is 8.57. The Labute approximate surface area is 83.3 Å².